The number of carbonyl (C=O) groups is 2. The number of aromatic nitrogens is 2. The van der Waals surface area contributed by atoms with Gasteiger partial charge in [0, 0.05) is 13.0 Å². The fourth-order valence-corrected chi connectivity index (χ4v) is 1.91. The van der Waals surface area contributed by atoms with E-state index in [1.165, 1.54) is 0 Å². The molecule has 0 unspecified atom stereocenters. The number of carbonyl (C=O) groups excluding carboxylic acids is 2. The van der Waals surface area contributed by atoms with Crippen LogP contribution in [-0.2, 0) is 16.1 Å². The Balaban J connectivity index is 2.94. The van der Waals surface area contributed by atoms with E-state index in [2.05, 4.69) is 0 Å². The SMILES string of the molecule is CCCCC(=O)OCC(=O)c1c(N)n(CCC)c(=O)[nH]c1=O. The van der Waals surface area contributed by atoms with Gasteiger partial charge in [0.25, 0.3) is 5.56 Å². The summed E-state index contributed by atoms with van der Waals surface area (Å²) in [6, 6.07) is 0. The van der Waals surface area contributed by atoms with Crippen molar-refractivity contribution in [3.63, 3.8) is 0 Å². The molecule has 1 heterocycles. The Morgan fingerprint density at radius 3 is 2.50 bits per heavy atom. The number of H-pyrrole nitrogens is 1. The number of Topliss-reactive ketones (excluding diaryl/α,β-unsaturated/α-hetero) is 1. The van der Waals surface area contributed by atoms with Gasteiger partial charge in [0.15, 0.2) is 6.61 Å². The largest absolute Gasteiger partial charge is 0.457 e. The predicted octanol–water partition coefficient (Wildman–Crippen LogP) is 0.445. The van der Waals surface area contributed by atoms with Crippen LogP contribution in [0.5, 0.6) is 0 Å². The minimum atomic E-state index is -0.871. The Morgan fingerprint density at radius 1 is 1.23 bits per heavy atom. The Labute approximate surface area is 127 Å². The van der Waals surface area contributed by atoms with Crippen LogP contribution in [0.25, 0.3) is 0 Å². The molecule has 0 radical (unpaired) electrons. The molecule has 1 aromatic rings. The number of unbranched alkanes of at least 4 members (excludes halogenated alkanes) is 1. The lowest BCUT2D eigenvalue weighted by molar-refractivity contribution is -0.142. The van der Waals surface area contributed by atoms with Crippen molar-refractivity contribution >= 4 is 17.6 Å². The van der Waals surface area contributed by atoms with Crippen molar-refractivity contribution in [2.24, 2.45) is 0 Å². The lowest BCUT2D eigenvalue weighted by Crippen LogP contribution is -2.37. The molecule has 22 heavy (non-hydrogen) atoms. The lowest BCUT2D eigenvalue weighted by Gasteiger charge is -2.11. The van der Waals surface area contributed by atoms with Crippen molar-refractivity contribution in [3.05, 3.63) is 26.4 Å². The molecule has 0 spiro atoms. The fraction of sp³-hybridized carbons (Fsp3) is 0.571. The van der Waals surface area contributed by atoms with E-state index in [4.69, 9.17) is 10.5 Å². The first-order chi connectivity index (χ1) is 10.4. The summed E-state index contributed by atoms with van der Waals surface area (Å²) in [7, 11) is 0. The van der Waals surface area contributed by atoms with Crippen LogP contribution in [0, 0.1) is 0 Å². The molecule has 0 aliphatic rings. The smallest absolute Gasteiger partial charge is 0.329 e. The Kier molecular flexibility index (Phi) is 6.55. The molecule has 0 amide bonds. The summed E-state index contributed by atoms with van der Waals surface area (Å²) in [6.07, 6.45) is 2.31. The Bertz CT molecular complexity index is 659. The summed E-state index contributed by atoms with van der Waals surface area (Å²) < 4.78 is 5.93. The van der Waals surface area contributed by atoms with E-state index in [0.29, 0.717) is 12.8 Å². The summed E-state index contributed by atoms with van der Waals surface area (Å²) >= 11 is 0. The molecule has 3 N–H and O–H groups in total. The van der Waals surface area contributed by atoms with E-state index in [-0.39, 0.29) is 24.3 Å². The molecule has 0 atom stereocenters. The lowest BCUT2D eigenvalue weighted by atomic mass is 10.2. The van der Waals surface area contributed by atoms with Gasteiger partial charge in [0.1, 0.15) is 11.4 Å². The van der Waals surface area contributed by atoms with Gasteiger partial charge < -0.3 is 10.5 Å². The van der Waals surface area contributed by atoms with Crippen molar-refractivity contribution < 1.29 is 14.3 Å². The summed E-state index contributed by atoms with van der Waals surface area (Å²) in [5, 5.41) is 0. The van der Waals surface area contributed by atoms with Gasteiger partial charge >= 0.3 is 11.7 Å². The van der Waals surface area contributed by atoms with E-state index in [9.17, 15) is 19.2 Å². The number of ether oxygens (including phenoxy) is 1. The number of nitrogens with two attached hydrogens (primary N) is 1. The molecule has 0 fully saturated rings. The highest BCUT2D eigenvalue weighted by molar-refractivity contribution is 6.01. The first kappa shape index (κ1) is 17.7. The first-order valence-corrected chi connectivity index (χ1v) is 7.23. The fourth-order valence-electron chi connectivity index (χ4n) is 1.91. The number of nitrogen functional groups attached to an aromatic ring is 1. The van der Waals surface area contributed by atoms with Gasteiger partial charge in [-0.25, -0.2) is 4.79 Å². The van der Waals surface area contributed by atoms with E-state index in [0.717, 1.165) is 11.0 Å². The number of ketones is 1. The number of esters is 1. The topological polar surface area (TPSA) is 124 Å². The number of hydrogen-bond donors (Lipinski definition) is 2. The van der Waals surface area contributed by atoms with Crippen molar-refractivity contribution in [1.82, 2.24) is 9.55 Å². The van der Waals surface area contributed by atoms with Gasteiger partial charge in [0.05, 0.1) is 0 Å². The van der Waals surface area contributed by atoms with Gasteiger partial charge in [-0.05, 0) is 12.8 Å². The van der Waals surface area contributed by atoms with Crippen LogP contribution in [0.4, 0.5) is 5.82 Å². The van der Waals surface area contributed by atoms with Crippen LogP contribution in [0.2, 0.25) is 0 Å². The highest BCUT2D eigenvalue weighted by Gasteiger charge is 2.20. The average Bonchev–Trinajstić information content (AvgIpc) is 2.47. The monoisotopic (exact) mass is 311 g/mol. The molecule has 1 aromatic heterocycles. The first-order valence-electron chi connectivity index (χ1n) is 7.23. The highest BCUT2D eigenvalue weighted by Crippen LogP contribution is 2.06. The summed E-state index contributed by atoms with van der Waals surface area (Å²) in [5.74, 6) is -1.44. The number of hydrogen-bond acceptors (Lipinski definition) is 6. The van der Waals surface area contributed by atoms with E-state index in [1.54, 1.807) is 0 Å². The van der Waals surface area contributed by atoms with Crippen LogP contribution in [-0.4, -0.2) is 27.9 Å². The van der Waals surface area contributed by atoms with Crippen molar-refractivity contribution in [1.29, 1.82) is 0 Å². The zero-order valence-corrected chi connectivity index (χ0v) is 12.8. The van der Waals surface area contributed by atoms with Crippen LogP contribution in [0.15, 0.2) is 9.59 Å². The highest BCUT2D eigenvalue weighted by atomic mass is 16.5. The second kappa shape index (κ2) is 8.16. The van der Waals surface area contributed by atoms with Crippen LogP contribution in [0.3, 0.4) is 0 Å². The zero-order chi connectivity index (χ0) is 16.7. The average molecular weight is 311 g/mol. The third-order valence-corrected chi connectivity index (χ3v) is 3.06. The number of anilines is 1. The minimum Gasteiger partial charge on any atom is -0.457 e. The van der Waals surface area contributed by atoms with E-state index < -0.39 is 29.6 Å². The molecule has 8 nitrogen and oxygen atoms in total. The maximum atomic E-state index is 12.0. The number of nitrogens with zero attached hydrogens (tertiary/aromatic N) is 1. The Morgan fingerprint density at radius 2 is 1.91 bits per heavy atom. The molecule has 8 heteroatoms. The maximum absolute atomic E-state index is 12.0. The molecular formula is C14H21N3O5. The van der Waals surface area contributed by atoms with Gasteiger partial charge in [-0.2, -0.15) is 0 Å². The molecule has 0 saturated carbocycles. The van der Waals surface area contributed by atoms with Crippen LogP contribution < -0.4 is 17.0 Å². The molecule has 0 aliphatic heterocycles. The van der Waals surface area contributed by atoms with Crippen molar-refractivity contribution in [2.75, 3.05) is 12.3 Å². The second-order valence-corrected chi connectivity index (χ2v) is 4.86. The molecule has 0 bridgehead atoms. The molecule has 0 saturated heterocycles. The van der Waals surface area contributed by atoms with Crippen LogP contribution in [0.1, 0.15) is 49.9 Å². The van der Waals surface area contributed by atoms with Crippen LogP contribution >= 0.6 is 0 Å². The molecule has 0 aromatic carbocycles. The molecule has 0 aliphatic carbocycles. The minimum absolute atomic E-state index is 0.204. The van der Waals surface area contributed by atoms with E-state index in [1.807, 2.05) is 18.8 Å². The van der Waals surface area contributed by atoms with Gasteiger partial charge in [-0.15, -0.1) is 0 Å². The van der Waals surface area contributed by atoms with Gasteiger partial charge in [-0.3, -0.25) is 23.9 Å². The van der Waals surface area contributed by atoms with Crippen molar-refractivity contribution in [2.45, 2.75) is 46.1 Å². The normalized spacial score (nSPS) is 10.5. The predicted molar refractivity (Wildman–Crippen MR) is 80.8 cm³/mol. The van der Waals surface area contributed by atoms with Crippen molar-refractivity contribution in [3.8, 4) is 0 Å². The third kappa shape index (κ3) is 4.31. The number of aromatic amines is 1. The summed E-state index contributed by atoms with van der Waals surface area (Å²) in [6.45, 7) is 3.46. The quantitative estimate of drug-likeness (QED) is 0.530. The van der Waals surface area contributed by atoms with E-state index >= 15 is 0 Å². The molecule has 122 valence electrons. The molecule has 1 rings (SSSR count). The zero-order valence-electron chi connectivity index (χ0n) is 12.8. The number of rotatable bonds is 8. The number of nitrogens with one attached hydrogen (secondary N) is 1. The Hall–Kier alpha value is -2.38. The maximum Gasteiger partial charge on any atom is 0.329 e. The van der Waals surface area contributed by atoms with Gasteiger partial charge in [0.2, 0.25) is 5.78 Å². The van der Waals surface area contributed by atoms with Gasteiger partial charge in [-0.1, -0.05) is 20.3 Å². The molecular weight excluding hydrogens is 290 g/mol. The summed E-state index contributed by atoms with van der Waals surface area (Å²) in [4.78, 5) is 48.9. The standard InChI is InChI=1S/C14H21N3O5/c1-3-5-6-10(19)22-8-9(18)11-12(15)17(7-4-2)14(21)16-13(11)20/h3-8,15H2,1-2H3,(H,16,20,21). The second-order valence-electron chi connectivity index (χ2n) is 4.86. The third-order valence-electron chi connectivity index (χ3n) is 3.06. The summed E-state index contributed by atoms with van der Waals surface area (Å²) in [5.41, 5.74) is 3.85.